The van der Waals surface area contributed by atoms with Crippen LogP contribution in [0.3, 0.4) is 0 Å². The van der Waals surface area contributed by atoms with Crippen LogP contribution >= 0.6 is 0 Å². The summed E-state index contributed by atoms with van der Waals surface area (Å²) in [5, 5.41) is 8.29. The number of halogens is 3. The summed E-state index contributed by atoms with van der Waals surface area (Å²) in [5.74, 6) is -0.993. The van der Waals surface area contributed by atoms with Crippen molar-refractivity contribution in [1.29, 1.82) is 0 Å². The van der Waals surface area contributed by atoms with Crippen LogP contribution in [0.5, 0.6) is 0 Å². The molecular weight excluding hydrogens is 276 g/mol. The van der Waals surface area contributed by atoms with Crippen molar-refractivity contribution in [3.63, 3.8) is 0 Å². The molecule has 0 aromatic heterocycles. The Labute approximate surface area is 90.3 Å². The first kappa shape index (κ1) is 12.1. The Bertz CT molecular complexity index is 363. The van der Waals surface area contributed by atoms with Crippen molar-refractivity contribution >= 4 is 25.4 Å². The number of hydrogen-bond donors (Lipinski definition) is 1. The van der Waals surface area contributed by atoms with Gasteiger partial charge in [-0.05, 0) is 0 Å². The molecular formula is C9H7F3O2Se. The van der Waals surface area contributed by atoms with Crippen LogP contribution in [-0.2, 0) is 11.0 Å². The third kappa shape index (κ3) is 3.93. The summed E-state index contributed by atoms with van der Waals surface area (Å²) in [7, 11) is 0. The zero-order chi connectivity index (χ0) is 11.5. The van der Waals surface area contributed by atoms with Crippen LogP contribution in [-0.4, -0.2) is 26.0 Å². The Balaban J connectivity index is 2.79. The number of carbonyl (C=O) groups is 1. The molecule has 1 rings (SSSR count). The van der Waals surface area contributed by atoms with Gasteiger partial charge < -0.3 is 0 Å². The van der Waals surface area contributed by atoms with Gasteiger partial charge in [-0.25, -0.2) is 0 Å². The average molecular weight is 283 g/mol. The van der Waals surface area contributed by atoms with Gasteiger partial charge in [-0.1, -0.05) is 0 Å². The molecule has 0 aliphatic heterocycles. The molecule has 0 saturated carbocycles. The Hall–Kier alpha value is -1.00. The zero-order valence-electron chi connectivity index (χ0n) is 7.41. The van der Waals surface area contributed by atoms with Crippen LogP contribution in [0, 0.1) is 0 Å². The fraction of sp³-hybridized carbons (Fsp3) is 0.222. The van der Waals surface area contributed by atoms with E-state index in [9.17, 15) is 18.0 Å². The van der Waals surface area contributed by atoms with Crippen molar-refractivity contribution in [2.75, 3.05) is 0 Å². The monoisotopic (exact) mass is 284 g/mol. The van der Waals surface area contributed by atoms with Gasteiger partial charge in [-0.15, -0.1) is 0 Å². The van der Waals surface area contributed by atoms with E-state index in [4.69, 9.17) is 5.11 Å². The second-order valence-corrected chi connectivity index (χ2v) is 4.91. The van der Waals surface area contributed by atoms with Crippen molar-refractivity contribution in [2.24, 2.45) is 0 Å². The van der Waals surface area contributed by atoms with Crippen molar-refractivity contribution in [2.45, 2.75) is 11.5 Å². The van der Waals surface area contributed by atoms with Gasteiger partial charge in [0.15, 0.2) is 0 Å². The van der Waals surface area contributed by atoms with Crippen LogP contribution < -0.4 is 4.46 Å². The molecule has 0 fully saturated rings. The van der Waals surface area contributed by atoms with E-state index in [1.165, 1.54) is 12.1 Å². The van der Waals surface area contributed by atoms with Gasteiger partial charge in [0.05, 0.1) is 0 Å². The third-order valence-electron chi connectivity index (χ3n) is 1.52. The molecule has 0 amide bonds. The summed E-state index contributed by atoms with van der Waals surface area (Å²) in [4.78, 5) is 10.2. The second-order valence-electron chi connectivity index (χ2n) is 2.71. The molecule has 0 atom stereocenters. The molecule has 0 radical (unpaired) electrons. The molecule has 15 heavy (non-hydrogen) atoms. The first-order chi connectivity index (χ1) is 6.89. The van der Waals surface area contributed by atoms with Crippen molar-refractivity contribution < 1.29 is 23.1 Å². The quantitative estimate of drug-likeness (QED) is 0.854. The Morgan fingerprint density at radius 1 is 1.40 bits per heavy atom. The maximum absolute atomic E-state index is 12.3. The summed E-state index contributed by atoms with van der Waals surface area (Å²) in [6.45, 7) is 0. The first-order valence-corrected chi connectivity index (χ1v) is 5.98. The predicted molar refractivity (Wildman–Crippen MR) is 49.3 cm³/mol. The van der Waals surface area contributed by atoms with Gasteiger partial charge in [0, 0.05) is 0 Å². The van der Waals surface area contributed by atoms with Crippen LogP contribution in [0.2, 0.25) is 5.32 Å². The summed E-state index contributed by atoms with van der Waals surface area (Å²) in [6, 6.07) is 4.78. The number of aliphatic carboxylic acids is 1. The molecule has 0 heterocycles. The number of carboxylic acid groups (broad SMARTS) is 1. The summed E-state index contributed by atoms with van der Waals surface area (Å²) >= 11 is -0.451. The minimum atomic E-state index is -4.37. The van der Waals surface area contributed by atoms with Gasteiger partial charge in [0.2, 0.25) is 0 Å². The third-order valence-corrected chi connectivity index (χ3v) is 3.58. The second kappa shape index (κ2) is 4.68. The van der Waals surface area contributed by atoms with Crippen molar-refractivity contribution in [1.82, 2.24) is 0 Å². The van der Waals surface area contributed by atoms with Gasteiger partial charge in [-0.3, -0.25) is 0 Å². The van der Waals surface area contributed by atoms with Crippen LogP contribution in [0.15, 0.2) is 24.3 Å². The SMILES string of the molecule is O=C(O)C[Se]c1cccc(C(F)(F)F)c1. The molecule has 82 valence electrons. The molecule has 0 saturated heterocycles. The van der Waals surface area contributed by atoms with Gasteiger partial charge in [-0.2, -0.15) is 0 Å². The van der Waals surface area contributed by atoms with Crippen LogP contribution in [0.25, 0.3) is 0 Å². The average Bonchev–Trinajstić information content (AvgIpc) is 2.14. The molecule has 2 nitrogen and oxygen atoms in total. The van der Waals surface area contributed by atoms with E-state index >= 15 is 0 Å². The van der Waals surface area contributed by atoms with Crippen LogP contribution in [0.4, 0.5) is 13.2 Å². The summed E-state index contributed by atoms with van der Waals surface area (Å²) in [6.07, 6.45) is -4.37. The normalized spacial score (nSPS) is 11.4. The number of benzene rings is 1. The fourth-order valence-corrected chi connectivity index (χ4v) is 2.32. The van der Waals surface area contributed by atoms with Crippen molar-refractivity contribution in [3.05, 3.63) is 29.8 Å². The van der Waals surface area contributed by atoms with E-state index in [0.717, 1.165) is 12.1 Å². The molecule has 1 aromatic rings. The molecule has 1 aromatic carbocycles. The molecule has 1 N–H and O–H groups in total. The molecule has 0 aliphatic rings. The predicted octanol–water partition coefficient (Wildman–Crippen LogP) is 1.54. The Morgan fingerprint density at radius 2 is 2.07 bits per heavy atom. The molecule has 0 spiro atoms. The topological polar surface area (TPSA) is 37.3 Å². The number of alkyl halides is 3. The van der Waals surface area contributed by atoms with E-state index in [2.05, 4.69) is 0 Å². The summed E-state index contributed by atoms with van der Waals surface area (Å²) in [5.41, 5.74) is -0.729. The van der Waals surface area contributed by atoms with Gasteiger partial charge >= 0.3 is 89.8 Å². The van der Waals surface area contributed by atoms with Gasteiger partial charge in [0.1, 0.15) is 0 Å². The van der Waals surface area contributed by atoms with E-state index < -0.39 is 32.7 Å². The Morgan fingerprint density at radius 3 is 2.60 bits per heavy atom. The molecule has 0 bridgehead atoms. The number of carboxylic acids is 1. The molecule has 0 aliphatic carbocycles. The number of rotatable bonds is 3. The molecule has 6 heteroatoms. The molecule has 0 unspecified atom stereocenters. The maximum atomic E-state index is 12.3. The van der Waals surface area contributed by atoms with E-state index in [0.29, 0.717) is 4.46 Å². The van der Waals surface area contributed by atoms with Crippen molar-refractivity contribution in [3.8, 4) is 0 Å². The summed E-state index contributed by atoms with van der Waals surface area (Å²) < 4.78 is 37.2. The minimum absolute atomic E-state index is 0.103. The van der Waals surface area contributed by atoms with Crippen LogP contribution in [0.1, 0.15) is 5.56 Å². The standard InChI is InChI=1S/C9H7F3O2Se/c10-9(11,12)6-2-1-3-7(4-6)15-5-8(13)14/h1-4H,5H2,(H,13,14). The zero-order valence-corrected chi connectivity index (χ0v) is 9.13. The van der Waals surface area contributed by atoms with E-state index in [1.54, 1.807) is 0 Å². The van der Waals surface area contributed by atoms with E-state index in [-0.39, 0.29) is 5.32 Å². The number of hydrogen-bond acceptors (Lipinski definition) is 1. The Kier molecular flexibility index (Phi) is 3.77. The first-order valence-electron chi connectivity index (χ1n) is 3.91. The fourth-order valence-electron chi connectivity index (χ4n) is 0.907. The van der Waals surface area contributed by atoms with Gasteiger partial charge in [0.25, 0.3) is 0 Å². The van der Waals surface area contributed by atoms with E-state index in [1.807, 2.05) is 0 Å².